The fourth-order valence-corrected chi connectivity index (χ4v) is 1.86. The Bertz CT molecular complexity index is 349. The maximum Gasteiger partial charge on any atom is 0.133 e. The van der Waals surface area contributed by atoms with Crippen LogP contribution < -0.4 is 10.5 Å². The molecule has 0 radical (unpaired) electrons. The second kappa shape index (κ2) is 7.63. The predicted molar refractivity (Wildman–Crippen MR) is 68.7 cm³/mol. The Labute approximate surface area is 109 Å². The molecule has 1 rings (SSSR count). The second-order valence-electron chi connectivity index (χ2n) is 3.52. The van der Waals surface area contributed by atoms with Gasteiger partial charge in [-0.05, 0) is 41.1 Å². The monoisotopic (exact) mass is 305 g/mol. The summed E-state index contributed by atoms with van der Waals surface area (Å²) in [5.74, 6) is 0.331. The van der Waals surface area contributed by atoms with Crippen LogP contribution in [0.5, 0.6) is 5.75 Å². The van der Waals surface area contributed by atoms with E-state index < -0.39 is 0 Å². The quantitative estimate of drug-likeness (QED) is 0.842. The molecule has 1 aromatic rings. The van der Waals surface area contributed by atoms with Crippen molar-refractivity contribution in [3.05, 3.63) is 28.5 Å². The highest BCUT2D eigenvalue weighted by atomic mass is 79.9. The molecule has 3 nitrogen and oxygen atoms in total. The van der Waals surface area contributed by atoms with Crippen LogP contribution in [0.1, 0.15) is 13.3 Å². The van der Waals surface area contributed by atoms with Gasteiger partial charge in [0.25, 0.3) is 0 Å². The van der Waals surface area contributed by atoms with Gasteiger partial charge in [-0.1, -0.05) is 0 Å². The molecule has 0 saturated heterocycles. The highest BCUT2D eigenvalue weighted by molar-refractivity contribution is 9.10. The summed E-state index contributed by atoms with van der Waals surface area (Å²) < 4.78 is 24.4. The highest BCUT2D eigenvalue weighted by Crippen LogP contribution is 2.25. The topological polar surface area (TPSA) is 44.5 Å². The maximum absolute atomic E-state index is 12.8. The molecule has 5 heteroatoms. The standard InChI is InChI=1S/C12H17BrFNO2/c1-2-16-10(8-15)5-6-17-12-4-3-9(14)7-11(12)13/h3-4,7,10H,2,5-6,8,15H2,1H3. The van der Waals surface area contributed by atoms with E-state index in [0.717, 1.165) is 0 Å². The molecule has 0 amide bonds. The lowest BCUT2D eigenvalue weighted by molar-refractivity contribution is 0.0526. The van der Waals surface area contributed by atoms with Crippen molar-refractivity contribution >= 4 is 15.9 Å². The molecule has 0 heterocycles. The summed E-state index contributed by atoms with van der Waals surface area (Å²) >= 11 is 3.24. The van der Waals surface area contributed by atoms with Crippen LogP contribution in [0.3, 0.4) is 0 Å². The number of ether oxygens (including phenoxy) is 2. The molecule has 1 atom stereocenters. The first kappa shape index (κ1) is 14.4. The van der Waals surface area contributed by atoms with Gasteiger partial charge < -0.3 is 15.2 Å². The third-order valence-electron chi connectivity index (χ3n) is 2.26. The number of hydrogen-bond acceptors (Lipinski definition) is 3. The Morgan fingerprint density at radius 1 is 1.47 bits per heavy atom. The van der Waals surface area contributed by atoms with Gasteiger partial charge in [0, 0.05) is 19.6 Å². The van der Waals surface area contributed by atoms with E-state index in [2.05, 4.69) is 15.9 Å². The third kappa shape index (κ3) is 5.02. The van der Waals surface area contributed by atoms with Crippen LogP contribution in [0.2, 0.25) is 0 Å². The van der Waals surface area contributed by atoms with Crippen molar-refractivity contribution in [2.75, 3.05) is 19.8 Å². The molecule has 17 heavy (non-hydrogen) atoms. The fourth-order valence-electron chi connectivity index (χ4n) is 1.40. The molecule has 0 aliphatic rings. The molecule has 0 aliphatic heterocycles. The van der Waals surface area contributed by atoms with Crippen molar-refractivity contribution in [3.8, 4) is 5.75 Å². The second-order valence-corrected chi connectivity index (χ2v) is 4.38. The van der Waals surface area contributed by atoms with Crippen molar-refractivity contribution in [2.45, 2.75) is 19.4 Å². The predicted octanol–water partition coefficient (Wildman–Crippen LogP) is 2.72. The Balaban J connectivity index is 2.39. The molecule has 96 valence electrons. The first-order valence-electron chi connectivity index (χ1n) is 5.57. The molecular weight excluding hydrogens is 289 g/mol. The van der Waals surface area contributed by atoms with Crippen LogP contribution in [-0.4, -0.2) is 25.9 Å². The molecule has 0 aliphatic carbocycles. The molecule has 1 aromatic carbocycles. The van der Waals surface area contributed by atoms with E-state index >= 15 is 0 Å². The lowest BCUT2D eigenvalue weighted by atomic mass is 10.2. The van der Waals surface area contributed by atoms with Crippen molar-refractivity contribution in [3.63, 3.8) is 0 Å². The van der Waals surface area contributed by atoms with Crippen molar-refractivity contribution in [1.29, 1.82) is 0 Å². The molecule has 0 aromatic heterocycles. The first-order chi connectivity index (χ1) is 8.17. The van der Waals surface area contributed by atoms with Gasteiger partial charge in [-0.2, -0.15) is 0 Å². The van der Waals surface area contributed by atoms with Gasteiger partial charge in [0.1, 0.15) is 11.6 Å². The summed E-state index contributed by atoms with van der Waals surface area (Å²) in [5.41, 5.74) is 5.55. The van der Waals surface area contributed by atoms with Crippen LogP contribution in [-0.2, 0) is 4.74 Å². The van der Waals surface area contributed by atoms with Gasteiger partial charge in [0.2, 0.25) is 0 Å². The van der Waals surface area contributed by atoms with Gasteiger partial charge in [0.15, 0.2) is 0 Å². The zero-order valence-electron chi connectivity index (χ0n) is 9.79. The summed E-state index contributed by atoms with van der Waals surface area (Å²) in [6.45, 7) is 3.54. The molecule has 2 N–H and O–H groups in total. The zero-order valence-corrected chi connectivity index (χ0v) is 11.4. The average molecular weight is 306 g/mol. The van der Waals surface area contributed by atoms with Gasteiger partial charge in [-0.15, -0.1) is 0 Å². The summed E-state index contributed by atoms with van der Waals surface area (Å²) in [6, 6.07) is 4.33. The van der Waals surface area contributed by atoms with E-state index in [1.807, 2.05) is 6.92 Å². The molecule has 0 saturated carbocycles. The lowest BCUT2D eigenvalue weighted by Crippen LogP contribution is -2.25. The minimum atomic E-state index is -0.293. The van der Waals surface area contributed by atoms with Crippen LogP contribution in [0.25, 0.3) is 0 Å². The lowest BCUT2D eigenvalue weighted by Gasteiger charge is -2.15. The third-order valence-corrected chi connectivity index (χ3v) is 2.88. The van der Waals surface area contributed by atoms with E-state index in [1.165, 1.54) is 12.1 Å². The minimum Gasteiger partial charge on any atom is -0.492 e. The Hall–Kier alpha value is -0.650. The van der Waals surface area contributed by atoms with Gasteiger partial charge in [0.05, 0.1) is 17.2 Å². The highest BCUT2D eigenvalue weighted by Gasteiger charge is 2.07. The number of benzene rings is 1. The average Bonchev–Trinajstić information content (AvgIpc) is 2.30. The van der Waals surface area contributed by atoms with Crippen LogP contribution in [0.15, 0.2) is 22.7 Å². The Kier molecular flexibility index (Phi) is 6.47. The Morgan fingerprint density at radius 2 is 2.24 bits per heavy atom. The fraction of sp³-hybridized carbons (Fsp3) is 0.500. The molecule has 0 bridgehead atoms. The number of nitrogens with two attached hydrogens (primary N) is 1. The molecule has 0 fully saturated rings. The number of rotatable bonds is 7. The Morgan fingerprint density at radius 3 is 2.82 bits per heavy atom. The summed E-state index contributed by atoms with van der Waals surface area (Å²) in [4.78, 5) is 0. The van der Waals surface area contributed by atoms with Crippen molar-refractivity contribution in [2.24, 2.45) is 5.73 Å². The molecular formula is C12H17BrFNO2. The van der Waals surface area contributed by atoms with Gasteiger partial charge in [-0.3, -0.25) is 0 Å². The molecule has 1 unspecified atom stereocenters. The number of halogens is 2. The summed E-state index contributed by atoms with van der Waals surface area (Å²) in [7, 11) is 0. The first-order valence-corrected chi connectivity index (χ1v) is 6.36. The molecule has 0 spiro atoms. The van der Waals surface area contributed by atoms with Gasteiger partial charge in [-0.25, -0.2) is 4.39 Å². The maximum atomic E-state index is 12.8. The van der Waals surface area contributed by atoms with Crippen LogP contribution in [0.4, 0.5) is 4.39 Å². The normalized spacial score (nSPS) is 12.5. The summed E-state index contributed by atoms with van der Waals surface area (Å²) in [5, 5.41) is 0. The van der Waals surface area contributed by atoms with Crippen molar-refractivity contribution in [1.82, 2.24) is 0 Å². The number of hydrogen-bond donors (Lipinski definition) is 1. The van der Waals surface area contributed by atoms with E-state index in [1.54, 1.807) is 6.07 Å². The minimum absolute atomic E-state index is 0.0132. The van der Waals surface area contributed by atoms with Crippen molar-refractivity contribution < 1.29 is 13.9 Å². The smallest absolute Gasteiger partial charge is 0.133 e. The SMILES string of the molecule is CCOC(CN)CCOc1ccc(F)cc1Br. The van der Waals surface area contributed by atoms with E-state index in [4.69, 9.17) is 15.2 Å². The van der Waals surface area contributed by atoms with Gasteiger partial charge >= 0.3 is 0 Å². The van der Waals surface area contributed by atoms with E-state index in [9.17, 15) is 4.39 Å². The largest absolute Gasteiger partial charge is 0.492 e. The summed E-state index contributed by atoms with van der Waals surface area (Å²) in [6.07, 6.45) is 0.730. The van der Waals surface area contributed by atoms with E-state index in [-0.39, 0.29) is 11.9 Å². The zero-order chi connectivity index (χ0) is 12.7. The van der Waals surface area contributed by atoms with Crippen LogP contribution >= 0.6 is 15.9 Å². The van der Waals surface area contributed by atoms with Crippen LogP contribution in [0, 0.1) is 5.82 Å². The van der Waals surface area contributed by atoms with E-state index in [0.29, 0.717) is 36.4 Å².